The number of carbonyl (C=O) groups is 3. The van der Waals surface area contributed by atoms with Gasteiger partial charge in [-0.25, -0.2) is 14.7 Å². The fourth-order valence-electron chi connectivity index (χ4n) is 3.02. The first-order valence-electron chi connectivity index (χ1n) is 10.1. The van der Waals surface area contributed by atoms with Gasteiger partial charge in [0, 0.05) is 7.05 Å². The third kappa shape index (κ3) is 7.09. The lowest BCUT2D eigenvalue weighted by Gasteiger charge is -2.33. The van der Waals surface area contributed by atoms with Crippen molar-refractivity contribution in [2.24, 2.45) is 5.92 Å². The van der Waals surface area contributed by atoms with Crippen LogP contribution in [-0.4, -0.2) is 56.3 Å². The van der Waals surface area contributed by atoms with Crippen LogP contribution in [-0.2, 0) is 28.7 Å². The minimum absolute atomic E-state index is 0.0456. The van der Waals surface area contributed by atoms with E-state index in [1.165, 1.54) is 14.2 Å². The van der Waals surface area contributed by atoms with Crippen LogP contribution in [0.25, 0.3) is 0 Å². The van der Waals surface area contributed by atoms with Crippen LogP contribution in [0.3, 0.4) is 0 Å². The van der Waals surface area contributed by atoms with Crippen LogP contribution in [0.2, 0.25) is 19.6 Å². The average molecular weight is 440 g/mol. The van der Waals surface area contributed by atoms with Gasteiger partial charge in [-0.05, 0) is 53.2 Å². The minimum Gasteiger partial charge on any atom is -0.457 e. The predicted octanol–water partition coefficient (Wildman–Crippen LogP) is 3.81. The first kappa shape index (κ1) is 26.1. The Morgan fingerprint density at radius 1 is 0.967 bits per heavy atom. The van der Waals surface area contributed by atoms with Crippen LogP contribution in [0.5, 0.6) is 0 Å². The number of esters is 2. The molecule has 0 aromatic heterocycles. The molecule has 7 nitrogen and oxygen atoms in total. The average Bonchev–Trinajstić information content (AvgIpc) is 2.55. The largest absolute Gasteiger partial charge is 0.457 e. The molecule has 0 bridgehead atoms. The van der Waals surface area contributed by atoms with Gasteiger partial charge in [-0.2, -0.15) is 0 Å². The van der Waals surface area contributed by atoms with Gasteiger partial charge in [-0.15, -0.1) is 0 Å². The summed E-state index contributed by atoms with van der Waals surface area (Å²) < 4.78 is 11.2. The Morgan fingerprint density at radius 2 is 1.43 bits per heavy atom. The van der Waals surface area contributed by atoms with E-state index >= 15 is 0 Å². The maximum atomic E-state index is 13.2. The van der Waals surface area contributed by atoms with Crippen molar-refractivity contribution in [3.05, 3.63) is 22.4 Å². The second-order valence-electron chi connectivity index (χ2n) is 10.5. The van der Waals surface area contributed by atoms with Crippen LogP contribution in [0.4, 0.5) is 0 Å². The molecule has 30 heavy (non-hydrogen) atoms. The van der Waals surface area contributed by atoms with Gasteiger partial charge in [0.15, 0.2) is 0 Å². The van der Waals surface area contributed by atoms with Crippen molar-refractivity contribution in [2.45, 2.75) is 78.8 Å². The summed E-state index contributed by atoms with van der Waals surface area (Å²) in [6.07, 6.45) is 1.85. The van der Waals surface area contributed by atoms with Crippen molar-refractivity contribution in [3.8, 4) is 0 Å². The molecule has 0 fully saturated rings. The lowest BCUT2D eigenvalue weighted by atomic mass is 9.88. The van der Waals surface area contributed by atoms with Crippen molar-refractivity contribution in [3.63, 3.8) is 0 Å². The van der Waals surface area contributed by atoms with Gasteiger partial charge in [0.25, 0.3) is 5.91 Å². The molecular formula is C22H37NO6Si. The molecule has 1 rings (SSSR count). The maximum absolute atomic E-state index is 13.2. The first-order chi connectivity index (χ1) is 13.4. The zero-order valence-corrected chi connectivity index (χ0v) is 21.3. The van der Waals surface area contributed by atoms with E-state index in [4.69, 9.17) is 14.3 Å². The van der Waals surface area contributed by atoms with Gasteiger partial charge in [0.1, 0.15) is 11.2 Å². The van der Waals surface area contributed by atoms with E-state index in [2.05, 4.69) is 19.6 Å². The molecule has 1 atom stereocenters. The topological polar surface area (TPSA) is 82.1 Å². The minimum atomic E-state index is -2.15. The van der Waals surface area contributed by atoms with E-state index in [1.807, 2.05) is 0 Å². The van der Waals surface area contributed by atoms with Crippen molar-refractivity contribution >= 4 is 25.9 Å². The van der Waals surface area contributed by atoms with Crippen LogP contribution in [0.1, 0.15) is 48.0 Å². The Labute approximate surface area is 181 Å². The molecule has 1 unspecified atom stereocenters. The molecule has 0 saturated carbocycles. The molecule has 170 valence electrons. The number of hydroxylamine groups is 2. The van der Waals surface area contributed by atoms with E-state index in [1.54, 1.807) is 47.6 Å². The summed E-state index contributed by atoms with van der Waals surface area (Å²) in [5.74, 6) is -2.10. The Balaban J connectivity index is 3.67. The quantitative estimate of drug-likeness (QED) is 0.368. The van der Waals surface area contributed by atoms with Crippen LogP contribution < -0.4 is 0 Å². The number of amides is 1. The third-order valence-electron chi connectivity index (χ3n) is 4.32. The highest BCUT2D eigenvalue weighted by atomic mass is 28.3. The van der Waals surface area contributed by atoms with E-state index in [0.29, 0.717) is 5.20 Å². The van der Waals surface area contributed by atoms with Crippen molar-refractivity contribution < 1.29 is 28.7 Å². The summed E-state index contributed by atoms with van der Waals surface area (Å²) in [4.78, 5) is 44.2. The van der Waals surface area contributed by atoms with Crippen LogP contribution in [0, 0.1) is 5.92 Å². The second-order valence-corrected chi connectivity index (χ2v) is 15.6. The Kier molecular flexibility index (Phi) is 7.88. The number of rotatable bonds is 5. The fraction of sp³-hybridized carbons (Fsp3) is 0.682. The molecule has 1 amide bonds. The third-order valence-corrected chi connectivity index (χ3v) is 6.35. The highest BCUT2D eigenvalue weighted by molar-refractivity contribution is 6.84. The summed E-state index contributed by atoms with van der Waals surface area (Å²) in [5.41, 5.74) is -1.05. The molecular weight excluding hydrogens is 402 g/mol. The zero-order chi connectivity index (χ0) is 23.7. The first-order valence-corrected chi connectivity index (χ1v) is 13.6. The molecule has 0 aromatic carbocycles. The summed E-state index contributed by atoms with van der Waals surface area (Å²) in [5, 5.41) is 1.85. The second kappa shape index (κ2) is 9.06. The lowest BCUT2D eigenvalue weighted by Crippen LogP contribution is -2.40. The molecule has 0 aliphatic heterocycles. The molecule has 0 N–H and O–H groups in total. The van der Waals surface area contributed by atoms with Gasteiger partial charge in [-0.3, -0.25) is 9.63 Å². The van der Waals surface area contributed by atoms with Gasteiger partial charge < -0.3 is 9.47 Å². The molecule has 1 aliphatic rings. The SMILES string of the molecule is CON(C)C(=O)C1C=C([Si](C)(C)C)C(C(=O)OC(C)(C)C)=C(C(=O)OC(C)(C)C)C1. The van der Waals surface area contributed by atoms with Gasteiger partial charge in [-0.1, -0.05) is 25.7 Å². The Bertz CT molecular complexity index is 762. The Hall–Kier alpha value is -1.93. The summed E-state index contributed by atoms with van der Waals surface area (Å²) in [7, 11) is 0.768. The molecule has 0 spiro atoms. The van der Waals surface area contributed by atoms with Crippen molar-refractivity contribution in [1.29, 1.82) is 0 Å². The van der Waals surface area contributed by atoms with Gasteiger partial charge >= 0.3 is 11.9 Å². The smallest absolute Gasteiger partial charge is 0.339 e. The molecule has 0 saturated heterocycles. The molecule has 1 aliphatic carbocycles. The van der Waals surface area contributed by atoms with Crippen molar-refractivity contribution in [1.82, 2.24) is 5.06 Å². The van der Waals surface area contributed by atoms with Gasteiger partial charge in [0.2, 0.25) is 0 Å². The van der Waals surface area contributed by atoms with Gasteiger partial charge in [0.05, 0.1) is 32.2 Å². The number of hydrogen-bond acceptors (Lipinski definition) is 6. The number of ether oxygens (including phenoxy) is 2. The highest BCUT2D eigenvalue weighted by Crippen LogP contribution is 2.37. The van der Waals surface area contributed by atoms with E-state index in [-0.39, 0.29) is 23.5 Å². The van der Waals surface area contributed by atoms with E-state index in [9.17, 15) is 14.4 Å². The zero-order valence-electron chi connectivity index (χ0n) is 20.3. The molecule has 0 radical (unpaired) electrons. The normalized spacial score (nSPS) is 18.0. The summed E-state index contributed by atoms with van der Waals surface area (Å²) in [6.45, 7) is 16.8. The molecule has 8 heteroatoms. The summed E-state index contributed by atoms with van der Waals surface area (Å²) >= 11 is 0. The van der Waals surface area contributed by atoms with E-state index < -0.39 is 37.1 Å². The van der Waals surface area contributed by atoms with E-state index in [0.717, 1.165) is 5.06 Å². The van der Waals surface area contributed by atoms with Crippen LogP contribution >= 0.6 is 0 Å². The Morgan fingerprint density at radius 3 is 1.83 bits per heavy atom. The molecule has 0 heterocycles. The standard InChI is InChI=1S/C22H37NO6Si/c1-21(2,3)28-19(25)15-12-14(18(24)23(7)27-8)13-16(30(9,10)11)17(15)20(26)29-22(4,5)6/h13-14H,12H2,1-11H3. The number of nitrogens with zero attached hydrogens (tertiary/aromatic N) is 1. The van der Waals surface area contributed by atoms with Crippen LogP contribution in [0.15, 0.2) is 22.4 Å². The number of carbonyl (C=O) groups excluding carboxylic acids is 3. The van der Waals surface area contributed by atoms with Crippen molar-refractivity contribution in [2.75, 3.05) is 14.2 Å². The lowest BCUT2D eigenvalue weighted by molar-refractivity contribution is -0.172. The predicted molar refractivity (Wildman–Crippen MR) is 118 cm³/mol. The molecule has 0 aromatic rings. The summed E-state index contributed by atoms with van der Waals surface area (Å²) in [6, 6.07) is 0. The monoisotopic (exact) mass is 439 g/mol. The fourth-order valence-corrected chi connectivity index (χ4v) is 4.73. The maximum Gasteiger partial charge on any atom is 0.339 e. The highest BCUT2D eigenvalue weighted by Gasteiger charge is 2.41. The number of hydrogen-bond donors (Lipinski definition) is 0.